The second-order valence-electron chi connectivity index (χ2n) is 5.30. The Morgan fingerprint density at radius 3 is 2.54 bits per heavy atom. The third-order valence-electron chi connectivity index (χ3n) is 3.73. The molecule has 0 spiro atoms. The molecule has 0 unspecified atom stereocenters. The zero-order chi connectivity index (χ0) is 17.1. The minimum Gasteiger partial charge on any atom is -0.497 e. The Bertz CT molecular complexity index is 769. The number of carbonyl (C=O) groups is 2. The van der Waals surface area contributed by atoms with Crippen molar-refractivity contribution in [2.45, 2.75) is 27.2 Å². The van der Waals surface area contributed by atoms with Crippen LogP contribution in [0.25, 0.3) is 0 Å². The van der Waals surface area contributed by atoms with E-state index >= 15 is 0 Å². The van der Waals surface area contributed by atoms with Crippen molar-refractivity contribution in [2.75, 3.05) is 18.2 Å². The van der Waals surface area contributed by atoms with Gasteiger partial charge in [-0.15, -0.1) is 12.4 Å². The molecule has 7 heteroatoms. The number of ketones is 1. The summed E-state index contributed by atoms with van der Waals surface area (Å²) in [7, 11) is 1.54. The lowest BCUT2D eigenvalue weighted by Gasteiger charge is -2.10. The molecule has 0 aliphatic heterocycles. The summed E-state index contributed by atoms with van der Waals surface area (Å²) < 4.78 is 5.14. The van der Waals surface area contributed by atoms with Crippen LogP contribution in [0.1, 0.15) is 46.0 Å². The summed E-state index contributed by atoms with van der Waals surface area (Å²) in [4.78, 5) is 27.4. The highest BCUT2D eigenvalue weighted by atomic mass is 35.5. The molecule has 1 aromatic heterocycles. The molecular formula is C17H22ClN3O3. The predicted octanol–water partition coefficient (Wildman–Crippen LogP) is 3.35. The first-order chi connectivity index (χ1) is 10.9. The fraction of sp³-hybridized carbons (Fsp3) is 0.294. The van der Waals surface area contributed by atoms with Crippen LogP contribution >= 0.6 is 12.4 Å². The number of aryl methyl sites for hydroxylation is 1. The predicted molar refractivity (Wildman–Crippen MR) is 97.5 cm³/mol. The van der Waals surface area contributed by atoms with Gasteiger partial charge in [-0.3, -0.25) is 9.59 Å². The number of nitrogen functional groups attached to an aromatic ring is 1. The lowest BCUT2D eigenvalue weighted by molar-refractivity contribution is 0.101. The highest BCUT2D eigenvalue weighted by Crippen LogP contribution is 2.26. The molecule has 0 bridgehead atoms. The minimum atomic E-state index is -0.336. The molecule has 24 heavy (non-hydrogen) atoms. The van der Waals surface area contributed by atoms with E-state index in [4.69, 9.17) is 10.5 Å². The maximum Gasteiger partial charge on any atom is 0.272 e. The van der Waals surface area contributed by atoms with Crippen molar-refractivity contribution >= 4 is 35.5 Å². The normalized spacial score (nSPS) is 10.0. The number of hydrogen-bond acceptors (Lipinski definition) is 4. The van der Waals surface area contributed by atoms with Crippen LogP contribution in [-0.4, -0.2) is 23.8 Å². The zero-order valence-electron chi connectivity index (χ0n) is 14.1. The molecule has 6 nitrogen and oxygen atoms in total. The van der Waals surface area contributed by atoms with E-state index < -0.39 is 0 Å². The van der Waals surface area contributed by atoms with Crippen molar-refractivity contribution in [3.63, 3.8) is 0 Å². The molecule has 0 radical (unpaired) electrons. The fourth-order valence-electron chi connectivity index (χ4n) is 2.66. The van der Waals surface area contributed by atoms with E-state index in [2.05, 4.69) is 10.3 Å². The lowest BCUT2D eigenvalue weighted by Crippen LogP contribution is -2.16. The van der Waals surface area contributed by atoms with Crippen molar-refractivity contribution < 1.29 is 14.3 Å². The van der Waals surface area contributed by atoms with Gasteiger partial charge in [0, 0.05) is 17.3 Å². The van der Waals surface area contributed by atoms with Gasteiger partial charge in [0.1, 0.15) is 11.4 Å². The SMILES string of the molecule is CCc1c(C(=O)Nc2cc(OC)ccc2N)[nH]c(C)c1C(C)=O.Cl. The number of benzene rings is 1. The molecule has 0 atom stereocenters. The maximum atomic E-state index is 12.6. The van der Waals surface area contributed by atoms with Crippen LogP contribution < -0.4 is 15.8 Å². The van der Waals surface area contributed by atoms with Crippen molar-refractivity contribution in [3.05, 3.63) is 40.7 Å². The summed E-state index contributed by atoms with van der Waals surface area (Å²) in [6, 6.07) is 5.03. The molecule has 0 fully saturated rings. The van der Waals surface area contributed by atoms with Gasteiger partial charge in [-0.1, -0.05) is 6.92 Å². The molecule has 4 N–H and O–H groups in total. The number of H-pyrrole nitrogens is 1. The summed E-state index contributed by atoms with van der Waals surface area (Å²) in [6.07, 6.45) is 0.579. The van der Waals surface area contributed by atoms with Crippen molar-refractivity contribution in [1.29, 1.82) is 0 Å². The fourth-order valence-corrected chi connectivity index (χ4v) is 2.66. The van der Waals surface area contributed by atoms with Crippen LogP contribution in [0.4, 0.5) is 11.4 Å². The third-order valence-corrected chi connectivity index (χ3v) is 3.73. The van der Waals surface area contributed by atoms with Crippen LogP contribution in [0.3, 0.4) is 0 Å². The van der Waals surface area contributed by atoms with Crippen LogP contribution in [0.15, 0.2) is 18.2 Å². The van der Waals surface area contributed by atoms with Gasteiger partial charge in [0.15, 0.2) is 5.78 Å². The van der Waals surface area contributed by atoms with Crippen LogP contribution in [0.5, 0.6) is 5.75 Å². The summed E-state index contributed by atoms with van der Waals surface area (Å²) in [6.45, 7) is 5.19. The van der Waals surface area contributed by atoms with Gasteiger partial charge in [-0.05, 0) is 38.0 Å². The number of rotatable bonds is 5. The summed E-state index contributed by atoms with van der Waals surface area (Å²) in [5.74, 6) is 0.199. The molecular weight excluding hydrogens is 330 g/mol. The first kappa shape index (κ1) is 19.6. The van der Waals surface area contributed by atoms with E-state index in [0.717, 1.165) is 0 Å². The summed E-state index contributed by atoms with van der Waals surface area (Å²) in [5, 5.41) is 2.77. The summed E-state index contributed by atoms with van der Waals surface area (Å²) >= 11 is 0. The number of aromatic amines is 1. The number of ether oxygens (including phenoxy) is 1. The molecule has 1 aromatic carbocycles. The van der Waals surface area contributed by atoms with E-state index in [-0.39, 0.29) is 24.1 Å². The van der Waals surface area contributed by atoms with Gasteiger partial charge in [-0.2, -0.15) is 0 Å². The van der Waals surface area contributed by atoms with Crippen LogP contribution in [0.2, 0.25) is 0 Å². The van der Waals surface area contributed by atoms with Gasteiger partial charge >= 0.3 is 0 Å². The lowest BCUT2D eigenvalue weighted by atomic mass is 10.0. The number of halogens is 1. The number of anilines is 2. The Balaban J connectivity index is 0.00000288. The number of amides is 1. The van der Waals surface area contributed by atoms with E-state index in [1.807, 2.05) is 6.92 Å². The number of Topliss-reactive ketones (excluding diaryl/α,β-unsaturated/α-hetero) is 1. The van der Waals surface area contributed by atoms with E-state index in [0.29, 0.717) is 46.1 Å². The molecule has 0 saturated heterocycles. The number of nitrogens with one attached hydrogen (secondary N) is 2. The first-order valence-corrected chi connectivity index (χ1v) is 7.36. The number of hydrogen-bond donors (Lipinski definition) is 3. The second-order valence-corrected chi connectivity index (χ2v) is 5.30. The standard InChI is InChI=1S/C17H21N3O3.ClH/c1-5-12-15(10(3)21)9(2)19-16(12)17(22)20-14-8-11(23-4)6-7-13(14)18;/h6-8,19H,5,18H2,1-4H3,(H,20,22);1H. The number of aromatic nitrogens is 1. The van der Waals surface area contributed by atoms with E-state index in [1.165, 1.54) is 6.92 Å². The molecule has 0 aliphatic carbocycles. The molecule has 1 amide bonds. The molecule has 1 heterocycles. The molecule has 130 valence electrons. The second kappa shape index (κ2) is 7.88. The number of carbonyl (C=O) groups excluding carboxylic acids is 2. The largest absolute Gasteiger partial charge is 0.497 e. The topological polar surface area (TPSA) is 97.2 Å². The Kier molecular flexibility index (Phi) is 6.42. The number of methoxy groups -OCH3 is 1. The van der Waals surface area contributed by atoms with E-state index in [9.17, 15) is 9.59 Å². The Labute approximate surface area is 147 Å². The Morgan fingerprint density at radius 1 is 1.33 bits per heavy atom. The monoisotopic (exact) mass is 351 g/mol. The quantitative estimate of drug-likeness (QED) is 0.568. The van der Waals surface area contributed by atoms with Crippen molar-refractivity contribution in [2.24, 2.45) is 0 Å². The smallest absolute Gasteiger partial charge is 0.272 e. The zero-order valence-corrected chi connectivity index (χ0v) is 15.0. The van der Waals surface area contributed by atoms with Crippen LogP contribution in [0, 0.1) is 6.92 Å². The average molecular weight is 352 g/mol. The van der Waals surface area contributed by atoms with Gasteiger partial charge in [0.05, 0.1) is 18.5 Å². The highest BCUT2D eigenvalue weighted by molar-refractivity contribution is 6.08. The van der Waals surface area contributed by atoms with Gasteiger partial charge in [0.25, 0.3) is 5.91 Å². The Morgan fingerprint density at radius 2 is 2.00 bits per heavy atom. The minimum absolute atomic E-state index is 0. The van der Waals surface area contributed by atoms with Crippen molar-refractivity contribution in [1.82, 2.24) is 4.98 Å². The van der Waals surface area contributed by atoms with E-state index in [1.54, 1.807) is 32.2 Å². The van der Waals surface area contributed by atoms with Crippen LogP contribution in [-0.2, 0) is 6.42 Å². The maximum absolute atomic E-state index is 12.6. The number of nitrogens with two attached hydrogens (primary N) is 1. The molecule has 0 saturated carbocycles. The Hall–Kier alpha value is -2.47. The van der Waals surface area contributed by atoms with Gasteiger partial charge < -0.3 is 20.8 Å². The van der Waals surface area contributed by atoms with Gasteiger partial charge in [-0.25, -0.2) is 0 Å². The van der Waals surface area contributed by atoms with Gasteiger partial charge in [0.2, 0.25) is 0 Å². The average Bonchev–Trinajstić information content (AvgIpc) is 2.86. The van der Waals surface area contributed by atoms with Crippen molar-refractivity contribution in [3.8, 4) is 5.75 Å². The third kappa shape index (κ3) is 3.71. The summed E-state index contributed by atoms with van der Waals surface area (Å²) in [5.41, 5.74) is 9.17. The molecule has 2 rings (SSSR count). The highest BCUT2D eigenvalue weighted by Gasteiger charge is 2.22. The molecule has 0 aliphatic rings. The molecule has 2 aromatic rings. The first-order valence-electron chi connectivity index (χ1n) is 7.36.